The van der Waals surface area contributed by atoms with Crippen LogP contribution in [0.1, 0.15) is 54.9 Å². The fourth-order valence-corrected chi connectivity index (χ4v) is 5.41. The highest BCUT2D eigenvalue weighted by molar-refractivity contribution is 7.12. The summed E-state index contributed by atoms with van der Waals surface area (Å²) in [5, 5.41) is 5.24. The van der Waals surface area contributed by atoms with Gasteiger partial charge in [0.15, 0.2) is 0 Å². The fourth-order valence-electron chi connectivity index (χ4n) is 4.30. The number of carbonyl (C=O) groups is 1. The summed E-state index contributed by atoms with van der Waals surface area (Å²) in [6.45, 7) is 15.8. The Bertz CT molecular complexity index is 1350. The minimum absolute atomic E-state index is 0.0111. The van der Waals surface area contributed by atoms with E-state index < -0.39 is 0 Å². The highest BCUT2D eigenvalue weighted by atomic mass is 35.5. The number of halogens is 1. The molecule has 0 atom stereocenters. The van der Waals surface area contributed by atoms with Gasteiger partial charge in [-0.1, -0.05) is 54.1 Å². The highest BCUT2D eigenvalue weighted by Gasteiger charge is 2.23. The van der Waals surface area contributed by atoms with Crippen molar-refractivity contribution in [2.24, 2.45) is 0 Å². The molecule has 0 radical (unpaired) electrons. The molecule has 1 aliphatic heterocycles. The van der Waals surface area contributed by atoms with Gasteiger partial charge in [-0.15, -0.1) is 11.3 Å². The van der Waals surface area contributed by atoms with Crippen LogP contribution >= 0.6 is 22.9 Å². The smallest absolute Gasteiger partial charge is 0.205 e. The van der Waals surface area contributed by atoms with Gasteiger partial charge in [-0.25, -0.2) is 0 Å². The minimum atomic E-state index is -0.208. The first-order valence-corrected chi connectivity index (χ1v) is 13.2. The van der Waals surface area contributed by atoms with Crippen LogP contribution in [0.5, 0.6) is 0 Å². The Morgan fingerprint density at radius 3 is 2.49 bits per heavy atom. The predicted molar refractivity (Wildman–Crippen MR) is 151 cm³/mol. The van der Waals surface area contributed by atoms with E-state index in [4.69, 9.17) is 11.6 Å². The Morgan fingerprint density at radius 1 is 1.14 bits per heavy atom. The lowest BCUT2D eigenvalue weighted by molar-refractivity contribution is 0.104. The van der Waals surface area contributed by atoms with E-state index in [2.05, 4.69) is 80.9 Å². The number of anilines is 1. The van der Waals surface area contributed by atoms with Crippen molar-refractivity contribution in [2.75, 3.05) is 18.4 Å². The number of ketones is 1. The molecule has 2 aromatic carbocycles. The summed E-state index contributed by atoms with van der Waals surface area (Å²) >= 11 is 7.51. The Morgan fingerprint density at radius 2 is 1.83 bits per heavy atom. The van der Waals surface area contributed by atoms with E-state index in [9.17, 15) is 4.79 Å². The molecule has 0 amide bonds. The summed E-state index contributed by atoms with van der Waals surface area (Å²) in [4.78, 5) is 16.7. The average molecular weight is 505 g/mol. The van der Waals surface area contributed by atoms with E-state index in [0.29, 0.717) is 15.5 Å². The van der Waals surface area contributed by atoms with Crippen LogP contribution in [0.2, 0.25) is 5.02 Å². The maximum Gasteiger partial charge on any atom is 0.205 e. The van der Waals surface area contributed by atoms with Crippen LogP contribution < -0.4 is 15.1 Å². The monoisotopic (exact) mass is 504 g/mol. The van der Waals surface area contributed by atoms with Gasteiger partial charge in [-0.2, -0.15) is 0 Å². The van der Waals surface area contributed by atoms with Crippen LogP contribution in [0.25, 0.3) is 12.7 Å². The SMILES string of the molecule is C=c1sc(C(=O)c2ccc(Cl)cc2)c(NC(C)(C)C)/c1=C/C1=C(C)CCN(Cc2ccccc2)C1. The van der Waals surface area contributed by atoms with Crippen LogP contribution in [-0.4, -0.2) is 29.3 Å². The van der Waals surface area contributed by atoms with E-state index in [-0.39, 0.29) is 11.3 Å². The van der Waals surface area contributed by atoms with Crippen LogP contribution in [0.15, 0.2) is 65.7 Å². The third-order valence-electron chi connectivity index (χ3n) is 6.15. The number of hydrogen-bond donors (Lipinski definition) is 1. The first-order valence-electron chi connectivity index (χ1n) is 12.0. The van der Waals surface area contributed by atoms with Gasteiger partial charge in [-0.05, 0) is 75.6 Å². The van der Waals surface area contributed by atoms with Crippen molar-refractivity contribution in [3.05, 3.63) is 96.5 Å². The number of nitrogens with zero attached hydrogens (tertiary/aromatic N) is 1. The van der Waals surface area contributed by atoms with Gasteiger partial charge in [0.1, 0.15) is 0 Å². The van der Waals surface area contributed by atoms with Crippen molar-refractivity contribution in [1.82, 2.24) is 4.90 Å². The summed E-state index contributed by atoms with van der Waals surface area (Å²) in [5.74, 6) is -0.0111. The predicted octanol–water partition coefficient (Wildman–Crippen LogP) is 6.26. The molecule has 35 heavy (non-hydrogen) atoms. The summed E-state index contributed by atoms with van der Waals surface area (Å²) in [5.41, 5.74) is 5.31. The third-order valence-corrected chi connectivity index (χ3v) is 7.46. The standard InChI is InChI=1S/C30H33ClN2OS/c1-20-15-16-33(18-22-9-7-6-8-10-22)19-24(20)17-26-21(2)35-29(27(26)32-30(3,4)5)28(34)23-11-13-25(31)14-12-23/h6-14,17,32H,2,15-16,18-19H2,1,3-5H3/b26-17+. The molecule has 0 unspecified atom stereocenters. The van der Waals surface area contributed by atoms with Crippen molar-refractivity contribution >= 4 is 47.1 Å². The number of hydrogen-bond acceptors (Lipinski definition) is 4. The van der Waals surface area contributed by atoms with Gasteiger partial charge in [-0.3, -0.25) is 9.69 Å². The number of benzene rings is 2. The van der Waals surface area contributed by atoms with E-state index in [0.717, 1.165) is 41.5 Å². The molecule has 182 valence electrons. The number of carbonyl (C=O) groups excluding carboxylic acids is 1. The second kappa shape index (κ2) is 10.5. The maximum atomic E-state index is 13.5. The molecular weight excluding hydrogens is 472 g/mol. The van der Waals surface area contributed by atoms with Gasteiger partial charge in [0.2, 0.25) is 5.78 Å². The molecule has 3 nitrogen and oxygen atoms in total. The minimum Gasteiger partial charge on any atom is -0.379 e. The quantitative estimate of drug-likeness (QED) is 0.402. The lowest BCUT2D eigenvalue weighted by Gasteiger charge is -2.29. The van der Waals surface area contributed by atoms with Gasteiger partial charge >= 0.3 is 0 Å². The van der Waals surface area contributed by atoms with Gasteiger partial charge in [0.25, 0.3) is 0 Å². The molecule has 0 saturated carbocycles. The molecule has 0 saturated heterocycles. The fraction of sp³-hybridized carbons (Fsp3) is 0.300. The molecule has 5 heteroatoms. The number of thiophene rings is 1. The van der Waals surface area contributed by atoms with Crippen molar-refractivity contribution in [2.45, 2.75) is 46.2 Å². The van der Waals surface area contributed by atoms with Crippen LogP contribution in [0, 0.1) is 0 Å². The third kappa shape index (κ3) is 6.32. The number of rotatable bonds is 6. The first kappa shape index (κ1) is 25.4. The van der Waals surface area contributed by atoms with E-state index in [1.807, 2.05) is 0 Å². The summed E-state index contributed by atoms with van der Waals surface area (Å²) in [6, 6.07) is 17.7. The zero-order chi connectivity index (χ0) is 25.2. The molecule has 2 heterocycles. The molecule has 3 aromatic rings. The van der Waals surface area contributed by atoms with Crippen molar-refractivity contribution < 1.29 is 4.79 Å². The van der Waals surface area contributed by atoms with Crippen LogP contribution in [0.4, 0.5) is 5.69 Å². The van der Waals surface area contributed by atoms with Crippen molar-refractivity contribution in [1.29, 1.82) is 0 Å². The largest absolute Gasteiger partial charge is 0.379 e. The van der Waals surface area contributed by atoms with E-state index in [1.54, 1.807) is 24.3 Å². The van der Waals surface area contributed by atoms with Crippen LogP contribution in [0.3, 0.4) is 0 Å². The lowest BCUT2D eigenvalue weighted by atomic mass is 9.99. The normalized spacial score (nSPS) is 15.5. The van der Waals surface area contributed by atoms with Gasteiger partial charge in [0.05, 0.1) is 10.6 Å². The second-order valence-electron chi connectivity index (χ2n) is 10.3. The Labute approximate surface area is 217 Å². The Kier molecular flexibility index (Phi) is 7.65. The topological polar surface area (TPSA) is 32.3 Å². The molecule has 0 spiro atoms. The molecule has 1 N–H and O–H groups in total. The summed E-state index contributed by atoms with van der Waals surface area (Å²) in [7, 11) is 0. The average Bonchev–Trinajstić information content (AvgIpc) is 3.10. The zero-order valence-corrected chi connectivity index (χ0v) is 22.5. The summed E-state index contributed by atoms with van der Waals surface area (Å²) in [6.07, 6.45) is 3.28. The zero-order valence-electron chi connectivity index (χ0n) is 21.0. The summed E-state index contributed by atoms with van der Waals surface area (Å²) < 4.78 is 0.898. The molecule has 4 rings (SSSR count). The molecule has 0 bridgehead atoms. The van der Waals surface area contributed by atoms with Crippen molar-refractivity contribution in [3.8, 4) is 0 Å². The van der Waals surface area contributed by atoms with E-state index in [1.165, 1.54) is 28.0 Å². The Hall–Kier alpha value is -2.66. The van der Waals surface area contributed by atoms with Crippen molar-refractivity contribution in [3.63, 3.8) is 0 Å². The highest BCUT2D eigenvalue weighted by Crippen LogP contribution is 2.25. The van der Waals surface area contributed by atoms with Gasteiger partial charge < -0.3 is 5.32 Å². The molecule has 1 aromatic heterocycles. The lowest BCUT2D eigenvalue weighted by Crippen LogP contribution is -2.34. The molecular formula is C30H33ClN2OS. The number of nitrogens with one attached hydrogen (secondary N) is 1. The molecule has 0 aliphatic carbocycles. The van der Waals surface area contributed by atoms with Crippen LogP contribution in [-0.2, 0) is 6.54 Å². The second-order valence-corrected chi connectivity index (χ2v) is 11.8. The molecule has 1 aliphatic rings. The Balaban J connectivity index is 1.74. The maximum absolute atomic E-state index is 13.5. The first-order chi connectivity index (χ1) is 16.6. The molecule has 0 fully saturated rings. The van der Waals surface area contributed by atoms with Gasteiger partial charge in [0, 0.05) is 45.5 Å². The van der Waals surface area contributed by atoms with E-state index >= 15 is 0 Å².